The molecule has 0 N–H and O–H groups in total. The van der Waals surface area contributed by atoms with Gasteiger partial charge in [0.05, 0.1) is 0 Å². The van der Waals surface area contributed by atoms with Gasteiger partial charge in [0.15, 0.2) is 11.9 Å². The van der Waals surface area contributed by atoms with E-state index in [1.807, 2.05) is 0 Å². The summed E-state index contributed by atoms with van der Waals surface area (Å²) in [5.74, 6) is 0.675. The molecule has 0 spiro atoms. The summed E-state index contributed by atoms with van der Waals surface area (Å²) in [5.41, 5.74) is 0.546. The predicted octanol–water partition coefficient (Wildman–Crippen LogP) is 2.59. The number of hydrogen-bond donors (Lipinski definition) is 0. The predicted molar refractivity (Wildman–Crippen MR) is 62.8 cm³/mol. The summed E-state index contributed by atoms with van der Waals surface area (Å²) in [5, 5.41) is 10.4. The van der Waals surface area contributed by atoms with E-state index in [2.05, 4.69) is 4.98 Å². The summed E-state index contributed by atoms with van der Waals surface area (Å²) in [6.07, 6.45) is 2.00. The van der Waals surface area contributed by atoms with Gasteiger partial charge < -0.3 is 14.9 Å². The van der Waals surface area contributed by atoms with Crippen LogP contribution in [0.15, 0.2) is 42.6 Å². The van der Waals surface area contributed by atoms with Crippen molar-refractivity contribution in [3.05, 3.63) is 58.3 Å². The Morgan fingerprint density at radius 1 is 1.11 bits per heavy atom. The number of benzene rings is 1. The molecule has 0 atom stereocenters. The summed E-state index contributed by atoms with van der Waals surface area (Å²) in [6.45, 7) is 0. The Morgan fingerprint density at radius 3 is 2.28 bits per heavy atom. The molecule has 0 aliphatic carbocycles. The summed E-state index contributed by atoms with van der Waals surface area (Å²) in [7, 11) is 0. The fourth-order valence-corrected chi connectivity index (χ4v) is 1.29. The number of carbonyl (C=O) groups excluding carboxylic acids is 1. The molecule has 1 aromatic carbocycles. The molecule has 0 aliphatic rings. The number of rotatable bonds is 4. The van der Waals surface area contributed by atoms with Crippen molar-refractivity contribution in [1.82, 2.24) is 4.98 Å². The van der Waals surface area contributed by atoms with E-state index in [-0.39, 0.29) is 5.82 Å². The van der Waals surface area contributed by atoms with E-state index in [4.69, 9.17) is 4.74 Å². The van der Waals surface area contributed by atoms with Gasteiger partial charge in [-0.2, -0.15) is 0 Å². The highest BCUT2D eigenvalue weighted by atomic mass is 16.6. The van der Waals surface area contributed by atoms with E-state index >= 15 is 0 Å². The standard InChI is InChI=1S/C12H8N2O4/c15-8-9-1-3-10(4-2-9)18-11-5-6-12(13-7-11)14(16)17/h1-8H. The van der Waals surface area contributed by atoms with Crippen LogP contribution in [0.2, 0.25) is 0 Å². The van der Waals surface area contributed by atoms with Gasteiger partial charge in [0, 0.05) is 11.6 Å². The van der Waals surface area contributed by atoms with Crippen LogP contribution in [0.25, 0.3) is 0 Å². The van der Waals surface area contributed by atoms with E-state index in [0.29, 0.717) is 17.1 Å². The van der Waals surface area contributed by atoms with E-state index < -0.39 is 4.92 Å². The van der Waals surface area contributed by atoms with Crippen LogP contribution >= 0.6 is 0 Å². The quantitative estimate of drug-likeness (QED) is 0.469. The topological polar surface area (TPSA) is 82.3 Å². The summed E-state index contributed by atoms with van der Waals surface area (Å²) in [4.78, 5) is 23.9. The van der Waals surface area contributed by atoms with Crippen molar-refractivity contribution in [3.8, 4) is 11.5 Å². The van der Waals surface area contributed by atoms with Gasteiger partial charge in [-0.25, -0.2) is 0 Å². The van der Waals surface area contributed by atoms with Crippen LogP contribution < -0.4 is 4.74 Å². The van der Waals surface area contributed by atoms with Gasteiger partial charge in [0.2, 0.25) is 0 Å². The van der Waals surface area contributed by atoms with Crippen molar-refractivity contribution in [2.24, 2.45) is 0 Å². The molecule has 1 heterocycles. The second kappa shape index (κ2) is 5.05. The Morgan fingerprint density at radius 2 is 1.78 bits per heavy atom. The third-order valence-corrected chi connectivity index (χ3v) is 2.16. The molecule has 0 fully saturated rings. The van der Waals surface area contributed by atoms with Gasteiger partial charge in [0.1, 0.15) is 12.0 Å². The number of nitrogens with zero attached hydrogens (tertiary/aromatic N) is 2. The normalized spacial score (nSPS) is 9.78. The van der Waals surface area contributed by atoms with Gasteiger partial charge in [-0.3, -0.25) is 4.79 Å². The van der Waals surface area contributed by atoms with Crippen LogP contribution in [-0.4, -0.2) is 16.2 Å². The average molecular weight is 244 g/mol. The van der Waals surface area contributed by atoms with E-state index in [9.17, 15) is 14.9 Å². The molecular weight excluding hydrogens is 236 g/mol. The first-order valence-electron chi connectivity index (χ1n) is 5.02. The SMILES string of the molecule is O=Cc1ccc(Oc2ccc([N+](=O)[O-])nc2)cc1. The molecule has 6 nitrogen and oxygen atoms in total. The number of carbonyl (C=O) groups is 1. The molecule has 6 heteroatoms. The van der Waals surface area contributed by atoms with Crippen LogP contribution in [0.3, 0.4) is 0 Å². The smallest absolute Gasteiger partial charge is 0.363 e. The van der Waals surface area contributed by atoms with Crippen LogP contribution in [0.5, 0.6) is 11.5 Å². The van der Waals surface area contributed by atoms with E-state index in [1.54, 1.807) is 24.3 Å². The molecule has 2 aromatic rings. The number of aromatic nitrogens is 1. The fraction of sp³-hybridized carbons (Fsp3) is 0. The zero-order chi connectivity index (χ0) is 13.0. The zero-order valence-electron chi connectivity index (χ0n) is 9.15. The van der Waals surface area contributed by atoms with Crippen molar-refractivity contribution < 1.29 is 14.5 Å². The molecule has 0 bridgehead atoms. The summed E-state index contributed by atoms with van der Waals surface area (Å²) in [6, 6.07) is 9.20. The van der Waals surface area contributed by atoms with E-state index in [0.717, 1.165) is 6.29 Å². The lowest BCUT2D eigenvalue weighted by Gasteiger charge is -2.03. The number of ether oxygens (including phenoxy) is 1. The van der Waals surface area contributed by atoms with Crippen molar-refractivity contribution >= 4 is 12.1 Å². The van der Waals surface area contributed by atoms with Crippen molar-refractivity contribution in [1.29, 1.82) is 0 Å². The maximum Gasteiger partial charge on any atom is 0.363 e. The maximum atomic E-state index is 10.5. The van der Waals surface area contributed by atoms with Crippen molar-refractivity contribution in [2.75, 3.05) is 0 Å². The lowest BCUT2D eigenvalue weighted by atomic mass is 10.2. The second-order valence-electron chi connectivity index (χ2n) is 3.40. The van der Waals surface area contributed by atoms with Crippen LogP contribution in [0.4, 0.5) is 5.82 Å². The van der Waals surface area contributed by atoms with Gasteiger partial charge in [-0.15, -0.1) is 0 Å². The third kappa shape index (κ3) is 2.67. The highest BCUT2D eigenvalue weighted by Crippen LogP contribution is 2.21. The number of aldehydes is 1. The highest BCUT2D eigenvalue weighted by molar-refractivity contribution is 5.74. The molecule has 0 aliphatic heterocycles. The van der Waals surface area contributed by atoms with Crippen molar-refractivity contribution in [3.63, 3.8) is 0 Å². The first kappa shape index (κ1) is 11.7. The molecule has 0 amide bonds. The lowest BCUT2D eigenvalue weighted by Crippen LogP contribution is -1.92. The first-order valence-corrected chi connectivity index (χ1v) is 5.02. The molecule has 18 heavy (non-hydrogen) atoms. The molecule has 0 radical (unpaired) electrons. The Hall–Kier alpha value is -2.76. The molecule has 90 valence electrons. The highest BCUT2D eigenvalue weighted by Gasteiger charge is 2.07. The maximum absolute atomic E-state index is 10.5. The fourth-order valence-electron chi connectivity index (χ4n) is 1.29. The van der Waals surface area contributed by atoms with Gasteiger partial charge in [-0.1, -0.05) is 0 Å². The molecule has 1 aromatic heterocycles. The average Bonchev–Trinajstić information content (AvgIpc) is 2.40. The monoisotopic (exact) mass is 244 g/mol. The minimum atomic E-state index is -0.581. The lowest BCUT2D eigenvalue weighted by molar-refractivity contribution is -0.389. The minimum absolute atomic E-state index is 0.237. The van der Waals surface area contributed by atoms with Crippen LogP contribution in [-0.2, 0) is 0 Å². The van der Waals surface area contributed by atoms with Crippen molar-refractivity contribution in [2.45, 2.75) is 0 Å². The van der Waals surface area contributed by atoms with Gasteiger partial charge in [0.25, 0.3) is 0 Å². The van der Waals surface area contributed by atoms with Gasteiger partial charge >= 0.3 is 5.82 Å². The summed E-state index contributed by atoms with van der Waals surface area (Å²) < 4.78 is 5.41. The Kier molecular flexibility index (Phi) is 3.29. The number of hydrogen-bond acceptors (Lipinski definition) is 5. The number of pyridine rings is 1. The largest absolute Gasteiger partial charge is 0.453 e. The molecular formula is C12H8N2O4. The Bertz CT molecular complexity index is 564. The Balaban J connectivity index is 2.12. The molecule has 0 unspecified atom stereocenters. The van der Waals surface area contributed by atoms with Crippen LogP contribution in [0, 0.1) is 10.1 Å². The van der Waals surface area contributed by atoms with Crippen LogP contribution in [0.1, 0.15) is 10.4 Å². The Labute approximate surface area is 102 Å². The number of nitro groups is 1. The molecule has 0 saturated heterocycles. The summed E-state index contributed by atoms with van der Waals surface area (Å²) >= 11 is 0. The molecule has 2 rings (SSSR count). The second-order valence-corrected chi connectivity index (χ2v) is 3.40. The zero-order valence-corrected chi connectivity index (χ0v) is 9.15. The van der Waals surface area contributed by atoms with E-state index in [1.165, 1.54) is 18.3 Å². The molecule has 0 saturated carbocycles. The van der Waals surface area contributed by atoms with Gasteiger partial charge in [-0.05, 0) is 40.2 Å². The third-order valence-electron chi connectivity index (χ3n) is 2.16. The minimum Gasteiger partial charge on any atom is -0.453 e. The first-order chi connectivity index (χ1) is 8.69.